The van der Waals surface area contributed by atoms with Gasteiger partial charge in [-0.1, -0.05) is 61.5 Å². The molecule has 5 nitrogen and oxygen atoms in total. The first kappa shape index (κ1) is 20.7. The topological polar surface area (TPSA) is 79.2 Å². The van der Waals surface area contributed by atoms with Crippen molar-refractivity contribution in [1.29, 1.82) is 5.26 Å². The second kappa shape index (κ2) is 9.44. The van der Waals surface area contributed by atoms with Gasteiger partial charge in [0.25, 0.3) is 0 Å². The molecular weight excluding hydrogens is 384 g/mol. The summed E-state index contributed by atoms with van der Waals surface area (Å²) in [5.74, 6) is -2.26. The molecule has 1 aliphatic heterocycles. The van der Waals surface area contributed by atoms with Gasteiger partial charge in [-0.2, -0.15) is 5.26 Å². The van der Waals surface area contributed by atoms with E-state index in [1.54, 1.807) is 0 Å². The summed E-state index contributed by atoms with van der Waals surface area (Å²) in [6.45, 7) is 2.05. The molecule has 0 aliphatic carbocycles. The van der Waals surface area contributed by atoms with E-state index in [0.29, 0.717) is 16.4 Å². The third kappa shape index (κ3) is 4.52. The molecule has 1 aliphatic rings. The molecule has 1 amide bonds. The Balaban J connectivity index is 2.02. The molecule has 0 saturated carbocycles. The molecule has 148 valence electrons. The van der Waals surface area contributed by atoms with Crippen LogP contribution in [0.3, 0.4) is 0 Å². The molecule has 0 aromatic heterocycles. The van der Waals surface area contributed by atoms with Crippen LogP contribution in [0.4, 0.5) is 0 Å². The second-order valence-electron chi connectivity index (χ2n) is 6.69. The molecule has 2 aromatic carbocycles. The molecule has 0 unspecified atom stereocenters. The van der Waals surface area contributed by atoms with Gasteiger partial charge in [0.1, 0.15) is 5.92 Å². The fraction of sp³-hybridized carbons (Fsp3) is 0.261. The van der Waals surface area contributed by atoms with Crippen LogP contribution in [0, 0.1) is 17.2 Å². The van der Waals surface area contributed by atoms with Crippen molar-refractivity contribution in [3.63, 3.8) is 0 Å². The van der Waals surface area contributed by atoms with E-state index < -0.39 is 23.7 Å². The van der Waals surface area contributed by atoms with Crippen molar-refractivity contribution in [2.45, 2.75) is 25.0 Å². The number of nitrogens with one attached hydrogen (secondary N) is 1. The van der Waals surface area contributed by atoms with Crippen LogP contribution in [0.1, 0.15) is 29.5 Å². The van der Waals surface area contributed by atoms with Crippen molar-refractivity contribution in [1.82, 2.24) is 5.32 Å². The number of carbonyl (C=O) groups excluding carboxylic acids is 2. The number of esters is 1. The summed E-state index contributed by atoms with van der Waals surface area (Å²) in [4.78, 5) is 25.2. The molecule has 0 saturated heterocycles. The predicted molar refractivity (Wildman–Crippen MR) is 113 cm³/mol. The lowest BCUT2D eigenvalue weighted by molar-refractivity contribution is -0.150. The number of thioether (sulfide) groups is 1. The molecule has 0 bridgehead atoms. The molecule has 2 aromatic rings. The van der Waals surface area contributed by atoms with Gasteiger partial charge in [0, 0.05) is 11.7 Å². The molecule has 0 radical (unpaired) electrons. The van der Waals surface area contributed by atoms with E-state index in [9.17, 15) is 14.9 Å². The van der Waals surface area contributed by atoms with E-state index in [4.69, 9.17) is 4.74 Å². The van der Waals surface area contributed by atoms with Gasteiger partial charge in [0.2, 0.25) is 5.91 Å². The monoisotopic (exact) mass is 406 g/mol. The lowest BCUT2D eigenvalue weighted by Gasteiger charge is -2.31. The number of nitrogens with zero attached hydrogens (tertiary/aromatic N) is 1. The Bertz CT molecular complexity index is 962. The Kier molecular flexibility index (Phi) is 6.73. The van der Waals surface area contributed by atoms with Gasteiger partial charge in [-0.3, -0.25) is 9.59 Å². The zero-order valence-corrected chi connectivity index (χ0v) is 17.2. The minimum atomic E-state index is -1.09. The number of aryl methyl sites for hydroxylation is 1. The number of benzene rings is 2. The van der Waals surface area contributed by atoms with Crippen LogP contribution >= 0.6 is 11.8 Å². The number of amides is 1. The molecule has 6 heteroatoms. The number of nitriles is 1. The number of rotatable bonds is 6. The van der Waals surface area contributed by atoms with Crippen LogP contribution in [0.25, 0.3) is 0 Å². The highest BCUT2D eigenvalue weighted by atomic mass is 32.2. The SMILES string of the molecule is CCc1ccc([C@@H]2C(C#N)=C(SCc3ccccc3)NC(=O)[C@@H]2C(=O)OC)cc1. The van der Waals surface area contributed by atoms with E-state index in [-0.39, 0.29) is 0 Å². The number of hydrogen-bond acceptors (Lipinski definition) is 5. The highest BCUT2D eigenvalue weighted by Gasteiger charge is 2.44. The molecule has 0 fully saturated rings. The Morgan fingerprint density at radius 3 is 2.41 bits per heavy atom. The molecule has 2 atom stereocenters. The van der Waals surface area contributed by atoms with E-state index in [1.165, 1.54) is 18.9 Å². The van der Waals surface area contributed by atoms with Crippen LogP contribution in [-0.4, -0.2) is 19.0 Å². The van der Waals surface area contributed by atoms with Crippen molar-refractivity contribution in [3.8, 4) is 6.07 Å². The van der Waals surface area contributed by atoms with Gasteiger partial charge in [0.15, 0.2) is 0 Å². The first-order valence-electron chi connectivity index (χ1n) is 9.37. The molecule has 1 N–H and O–H groups in total. The third-order valence-corrected chi connectivity index (χ3v) is 6.05. The van der Waals surface area contributed by atoms with Crippen molar-refractivity contribution in [2.75, 3.05) is 7.11 Å². The fourth-order valence-electron chi connectivity index (χ4n) is 3.37. The van der Waals surface area contributed by atoms with Gasteiger partial charge in [-0.25, -0.2) is 0 Å². The number of allylic oxidation sites excluding steroid dienone is 1. The first-order valence-corrected chi connectivity index (χ1v) is 10.4. The van der Waals surface area contributed by atoms with Crippen molar-refractivity contribution >= 4 is 23.6 Å². The van der Waals surface area contributed by atoms with Gasteiger partial charge >= 0.3 is 5.97 Å². The highest BCUT2D eigenvalue weighted by molar-refractivity contribution is 8.02. The number of methoxy groups -OCH3 is 1. The number of hydrogen-bond donors (Lipinski definition) is 1. The maximum Gasteiger partial charge on any atom is 0.319 e. The van der Waals surface area contributed by atoms with E-state index in [0.717, 1.165) is 23.1 Å². The average Bonchev–Trinajstić information content (AvgIpc) is 2.77. The van der Waals surface area contributed by atoms with Gasteiger partial charge in [-0.05, 0) is 23.1 Å². The standard InChI is InChI=1S/C23H22N2O3S/c1-3-15-9-11-17(12-10-15)19-18(13-24)22(25-21(26)20(19)23(27)28-2)29-14-16-7-5-4-6-8-16/h4-12,19-20H,3,14H2,1-2H3,(H,25,26)/t19-,20-/m1/s1. The summed E-state index contributed by atoms with van der Waals surface area (Å²) in [5, 5.41) is 13.2. The van der Waals surface area contributed by atoms with E-state index in [2.05, 4.69) is 18.3 Å². The fourth-order valence-corrected chi connectivity index (χ4v) is 4.37. The zero-order chi connectivity index (χ0) is 20.8. The average molecular weight is 407 g/mol. The van der Waals surface area contributed by atoms with Gasteiger partial charge < -0.3 is 10.1 Å². The van der Waals surface area contributed by atoms with Gasteiger partial charge in [0.05, 0.1) is 23.8 Å². The molecule has 29 heavy (non-hydrogen) atoms. The maximum atomic E-state index is 12.8. The smallest absolute Gasteiger partial charge is 0.319 e. The summed E-state index contributed by atoms with van der Waals surface area (Å²) < 4.78 is 4.88. The number of carbonyl (C=O) groups is 2. The third-order valence-electron chi connectivity index (χ3n) is 4.96. The second-order valence-corrected chi connectivity index (χ2v) is 7.68. The summed E-state index contributed by atoms with van der Waals surface area (Å²) in [6, 6.07) is 19.7. The summed E-state index contributed by atoms with van der Waals surface area (Å²) in [7, 11) is 1.25. The Morgan fingerprint density at radius 2 is 1.83 bits per heavy atom. The summed E-state index contributed by atoms with van der Waals surface area (Å²) in [6.07, 6.45) is 0.880. The molecule has 0 spiro atoms. The van der Waals surface area contributed by atoms with Crippen LogP contribution in [-0.2, 0) is 26.5 Å². The molecular formula is C23H22N2O3S. The van der Waals surface area contributed by atoms with E-state index >= 15 is 0 Å². The van der Waals surface area contributed by atoms with Gasteiger partial charge in [-0.15, -0.1) is 11.8 Å². The predicted octanol–water partition coefficient (Wildman–Crippen LogP) is 3.92. The van der Waals surface area contributed by atoms with Crippen molar-refractivity contribution in [2.24, 2.45) is 5.92 Å². The van der Waals surface area contributed by atoms with Crippen LogP contribution < -0.4 is 5.32 Å². The van der Waals surface area contributed by atoms with Crippen LogP contribution in [0.15, 0.2) is 65.2 Å². The molecule has 1 heterocycles. The van der Waals surface area contributed by atoms with Crippen LogP contribution in [0.2, 0.25) is 0 Å². The Morgan fingerprint density at radius 1 is 1.14 bits per heavy atom. The Hall–Kier alpha value is -3.04. The minimum absolute atomic E-state index is 0.380. The maximum absolute atomic E-state index is 12.8. The number of ether oxygens (including phenoxy) is 1. The normalized spacial score (nSPS) is 18.7. The quantitative estimate of drug-likeness (QED) is 0.581. The largest absolute Gasteiger partial charge is 0.468 e. The Labute approximate surface area is 174 Å². The van der Waals surface area contributed by atoms with Crippen molar-refractivity contribution < 1.29 is 14.3 Å². The van der Waals surface area contributed by atoms with E-state index in [1.807, 2.05) is 54.6 Å². The summed E-state index contributed by atoms with van der Waals surface area (Å²) in [5.41, 5.74) is 3.35. The van der Waals surface area contributed by atoms with Crippen molar-refractivity contribution in [3.05, 3.63) is 81.9 Å². The lowest BCUT2D eigenvalue weighted by atomic mass is 9.78. The highest BCUT2D eigenvalue weighted by Crippen LogP contribution is 2.40. The minimum Gasteiger partial charge on any atom is -0.468 e. The molecule has 3 rings (SSSR count). The zero-order valence-electron chi connectivity index (χ0n) is 16.3. The van der Waals surface area contributed by atoms with Crippen LogP contribution in [0.5, 0.6) is 0 Å². The first-order chi connectivity index (χ1) is 14.1. The lowest BCUT2D eigenvalue weighted by Crippen LogP contribution is -2.44. The summed E-state index contributed by atoms with van der Waals surface area (Å²) >= 11 is 1.39.